The first kappa shape index (κ1) is 19.2. The van der Waals surface area contributed by atoms with E-state index in [4.69, 9.17) is 37.7 Å². The third kappa shape index (κ3) is 4.32. The largest absolute Gasteiger partial charge is 0.482 e. The molecule has 0 unspecified atom stereocenters. The van der Waals surface area contributed by atoms with Gasteiger partial charge in [0.1, 0.15) is 5.75 Å². The van der Waals surface area contributed by atoms with Gasteiger partial charge in [-0.05, 0) is 30.2 Å². The lowest BCUT2D eigenvalue weighted by Gasteiger charge is -2.30. The SMILES string of the molecule is O=C(COc1ccc(Cl)cc1Cl)N1CCc2cnc(N3CCOCC3)nc2C1. The molecule has 3 heterocycles. The smallest absolute Gasteiger partial charge is 0.260 e. The molecule has 7 nitrogen and oxygen atoms in total. The van der Waals surface area contributed by atoms with Crippen LogP contribution in [-0.4, -0.2) is 60.2 Å². The molecule has 1 fully saturated rings. The number of amides is 1. The van der Waals surface area contributed by atoms with E-state index < -0.39 is 0 Å². The zero-order valence-corrected chi connectivity index (χ0v) is 16.7. The maximum absolute atomic E-state index is 12.6. The predicted molar refractivity (Wildman–Crippen MR) is 106 cm³/mol. The van der Waals surface area contributed by atoms with Crippen LogP contribution in [0.1, 0.15) is 11.3 Å². The number of ether oxygens (including phenoxy) is 2. The van der Waals surface area contributed by atoms with E-state index in [1.54, 1.807) is 23.1 Å². The Balaban J connectivity index is 1.40. The third-order valence-corrected chi connectivity index (χ3v) is 5.36. The maximum atomic E-state index is 12.6. The topological polar surface area (TPSA) is 67.8 Å². The maximum Gasteiger partial charge on any atom is 0.260 e. The first-order valence-corrected chi connectivity index (χ1v) is 9.89. The van der Waals surface area contributed by atoms with Gasteiger partial charge in [-0.1, -0.05) is 23.2 Å². The number of hydrogen-bond acceptors (Lipinski definition) is 6. The van der Waals surface area contributed by atoms with Crippen LogP contribution >= 0.6 is 23.2 Å². The van der Waals surface area contributed by atoms with Crippen LogP contribution in [0.2, 0.25) is 10.0 Å². The number of nitrogens with zero attached hydrogens (tertiary/aromatic N) is 4. The molecular weight excluding hydrogens is 403 g/mol. The van der Waals surface area contributed by atoms with Crippen molar-refractivity contribution in [2.45, 2.75) is 13.0 Å². The molecule has 9 heteroatoms. The number of hydrogen-bond donors (Lipinski definition) is 0. The van der Waals surface area contributed by atoms with E-state index in [1.165, 1.54) is 0 Å². The van der Waals surface area contributed by atoms with Crippen molar-refractivity contribution in [2.24, 2.45) is 0 Å². The Morgan fingerprint density at radius 1 is 1.21 bits per heavy atom. The molecule has 0 spiro atoms. The second-order valence-corrected chi connectivity index (χ2v) is 7.51. The van der Waals surface area contributed by atoms with Gasteiger partial charge in [0.2, 0.25) is 5.95 Å². The molecule has 0 saturated carbocycles. The summed E-state index contributed by atoms with van der Waals surface area (Å²) in [7, 11) is 0. The van der Waals surface area contributed by atoms with Crippen molar-refractivity contribution in [3.8, 4) is 5.75 Å². The van der Waals surface area contributed by atoms with E-state index in [2.05, 4.69) is 9.88 Å². The van der Waals surface area contributed by atoms with E-state index in [1.807, 2.05) is 6.20 Å². The highest BCUT2D eigenvalue weighted by molar-refractivity contribution is 6.35. The lowest BCUT2D eigenvalue weighted by atomic mass is 10.1. The van der Waals surface area contributed by atoms with Crippen molar-refractivity contribution in [2.75, 3.05) is 44.4 Å². The number of anilines is 1. The Labute approximate surface area is 173 Å². The van der Waals surface area contributed by atoms with Gasteiger partial charge in [0.05, 0.1) is 30.5 Å². The third-order valence-electron chi connectivity index (χ3n) is 4.82. The van der Waals surface area contributed by atoms with Crippen molar-refractivity contribution < 1.29 is 14.3 Å². The van der Waals surface area contributed by atoms with Gasteiger partial charge in [-0.15, -0.1) is 0 Å². The fraction of sp³-hybridized carbons (Fsp3) is 0.421. The Bertz CT molecular complexity index is 874. The lowest BCUT2D eigenvalue weighted by molar-refractivity contribution is -0.134. The minimum atomic E-state index is -0.108. The molecule has 1 aromatic carbocycles. The molecule has 2 aliphatic rings. The molecule has 28 heavy (non-hydrogen) atoms. The fourth-order valence-electron chi connectivity index (χ4n) is 3.24. The highest BCUT2D eigenvalue weighted by Crippen LogP contribution is 2.27. The number of aromatic nitrogens is 2. The van der Waals surface area contributed by atoms with Gasteiger partial charge >= 0.3 is 0 Å². The molecule has 2 aromatic rings. The van der Waals surface area contributed by atoms with Gasteiger partial charge in [-0.2, -0.15) is 0 Å². The summed E-state index contributed by atoms with van der Waals surface area (Å²) in [6.45, 7) is 3.88. The van der Waals surface area contributed by atoms with E-state index in [0.717, 1.165) is 30.8 Å². The molecule has 2 aliphatic heterocycles. The summed E-state index contributed by atoms with van der Waals surface area (Å²) in [6.07, 6.45) is 2.60. The average Bonchev–Trinajstić information content (AvgIpc) is 2.72. The van der Waals surface area contributed by atoms with Crippen LogP contribution < -0.4 is 9.64 Å². The molecule has 0 aliphatic carbocycles. The predicted octanol–water partition coefficient (Wildman–Crippen LogP) is 2.58. The summed E-state index contributed by atoms with van der Waals surface area (Å²) >= 11 is 12.0. The van der Waals surface area contributed by atoms with Crippen molar-refractivity contribution in [1.82, 2.24) is 14.9 Å². The molecule has 0 N–H and O–H groups in total. The van der Waals surface area contributed by atoms with E-state index >= 15 is 0 Å². The van der Waals surface area contributed by atoms with E-state index in [9.17, 15) is 4.79 Å². The number of halogens is 2. The molecule has 148 valence electrons. The van der Waals surface area contributed by atoms with Crippen molar-refractivity contribution >= 4 is 35.1 Å². The summed E-state index contributed by atoms with van der Waals surface area (Å²) in [5, 5.41) is 0.902. The molecule has 1 aromatic heterocycles. The number of fused-ring (bicyclic) bond motifs is 1. The highest BCUT2D eigenvalue weighted by atomic mass is 35.5. The highest BCUT2D eigenvalue weighted by Gasteiger charge is 2.24. The second-order valence-electron chi connectivity index (χ2n) is 6.67. The van der Waals surface area contributed by atoms with Gasteiger partial charge in [0.25, 0.3) is 5.91 Å². The number of carbonyl (C=O) groups is 1. The van der Waals surface area contributed by atoms with E-state index in [-0.39, 0.29) is 12.5 Å². The van der Waals surface area contributed by atoms with Gasteiger partial charge in [-0.3, -0.25) is 4.79 Å². The van der Waals surface area contributed by atoms with Crippen LogP contribution in [0, 0.1) is 0 Å². The lowest BCUT2D eigenvalue weighted by Crippen LogP contribution is -2.40. The summed E-state index contributed by atoms with van der Waals surface area (Å²) in [5.41, 5.74) is 1.98. The first-order chi connectivity index (χ1) is 13.6. The molecule has 0 radical (unpaired) electrons. The molecule has 1 saturated heterocycles. The van der Waals surface area contributed by atoms with Crippen LogP contribution in [-0.2, 0) is 22.5 Å². The first-order valence-electron chi connectivity index (χ1n) is 9.13. The zero-order valence-electron chi connectivity index (χ0n) is 15.2. The number of carbonyl (C=O) groups excluding carboxylic acids is 1. The quantitative estimate of drug-likeness (QED) is 0.753. The summed E-state index contributed by atoms with van der Waals surface area (Å²) in [5.74, 6) is 1.03. The van der Waals surface area contributed by atoms with Crippen LogP contribution in [0.3, 0.4) is 0 Å². The zero-order chi connectivity index (χ0) is 19.5. The normalized spacial score (nSPS) is 16.6. The average molecular weight is 423 g/mol. The van der Waals surface area contributed by atoms with Gasteiger partial charge in [-0.25, -0.2) is 9.97 Å². The summed E-state index contributed by atoms with van der Waals surface area (Å²) in [4.78, 5) is 25.7. The van der Waals surface area contributed by atoms with Crippen LogP contribution in [0.4, 0.5) is 5.95 Å². The summed E-state index contributed by atoms with van der Waals surface area (Å²) < 4.78 is 11.0. The molecule has 1 amide bonds. The number of morpholine rings is 1. The van der Waals surface area contributed by atoms with Crippen LogP contribution in [0.15, 0.2) is 24.4 Å². The monoisotopic (exact) mass is 422 g/mol. The Hall–Kier alpha value is -2.09. The molecule has 0 bridgehead atoms. The van der Waals surface area contributed by atoms with Crippen LogP contribution in [0.25, 0.3) is 0 Å². The minimum absolute atomic E-state index is 0.0852. The minimum Gasteiger partial charge on any atom is -0.482 e. The Kier molecular flexibility index (Phi) is 5.85. The van der Waals surface area contributed by atoms with Gasteiger partial charge < -0.3 is 19.3 Å². The molecule has 4 rings (SSSR count). The standard InChI is InChI=1S/C19H20Cl2N4O3/c20-14-1-2-17(15(21)9-14)28-12-18(26)25-4-3-13-10-22-19(23-16(13)11-25)24-5-7-27-8-6-24/h1-2,9-10H,3-8,11-12H2. The van der Waals surface area contributed by atoms with Gasteiger partial charge in [0, 0.05) is 30.9 Å². The van der Waals surface area contributed by atoms with Crippen molar-refractivity contribution in [3.63, 3.8) is 0 Å². The van der Waals surface area contributed by atoms with E-state index in [0.29, 0.717) is 48.0 Å². The summed E-state index contributed by atoms with van der Waals surface area (Å²) in [6, 6.07) is 4.92. The molecule has 0 atom stereocenters. The van der Waals surface area contributed by atoms with Gasteiger partial charge in [0.15, 0.2) is 6.61 Å². The Morgan fingerprint density at radius 3 is 2.82 bits per heavy atom. The second kappa shape index (κ2) is 8.51. The van der Waals surface area contributed by atoms with Crippen molar-refractivity contribution in [1.29, 1.82) is 0 Å². The van der Waals surface area contributed by atoms with Crippen molar-refractivity contribution in [3.05, 3.63) is 45.7 Å². The molecular formula is C19H20Cl2N4O3. The number of rotatable bonds is 4. The van der Waals surface area contributed by atoms with Crippen LogP contribution in [0.5, 0.6) is 5.75 Å². The Morgan fingerprint density at radius 2 is 2.04 bits per heavy atom. The number of benzene rings is 1. The fourth-order valence-corrected chi connectivity index (χ4v) is 3.71.